The van der Waals surface area contributed by atoms with Gasteiger partial charge in [0.05, 0.1) is 5.38 Å². The van der Waals surface area contributed by atoms with E-state index in [-0.39, 0.29) is 11.4 Å². The lowest BCUT2D eigenvalue weighted by Crippen LogP contribution is -2.35. The number of alkyl halides is 1. The summed E-state index contributed by atoms with van der Waals surface area (Å²) in [5.74, 6) is 0. The number of carbonyl (C=O) groups excluding carboxylic acids is 1. The molecule has 1 aliphatic rings. The summed E-state index contributed by atoms with van der Waals surface area (Å²) >= 11 is 8.38. The van der Waals surface area contributed by atoms with Crippen LogP contribution in [0.4, 0.5) is 10.5 Å². The summed E-state index contributed by atoms with van der Waals surface area (Å²) in [5, 5.41) is 2.73. The molecular weight excluding hydrogens is 304 g/mol. The van der Waals surface area contributed by atoms with Gasteiger partial charge in [0.1, 0.15) is 0 Å². The fraction of sp³-hybridized carbons (Fsp3) is 0.312. The molecule has 0 saturated heterocycles. The van der Waals surface area contributed by atoms with Gasteiger partial charge in [0, 0.05) is 29.0 Å². The first-order valence-corrected chi connectivity index (χ1v) is 8.07. The fourth-order valence-corrected chi connectivity index (χ4v) is 3.83. The average molecular weight is 321 g/mol. The van der Waals surface area contributed by atoms with E-state index in [0.717, 1.165) is 16.8 Å². The summed E-state index contributed by atoms with van der Waals surface area (Å²) in [6.07, 6.45) is 0. The van der Waals surface area contributed by atoms with Crippen molar-refractivity contribution in [3.05, 3.63) is 50.7 Å². The molecule has 0 aliphatic carbocycles. The second-order valence-electron chi connectivity index (χ2n) is 5.45. The summed E-state index contributed by atoms with van der Waals surface area (Å²) in [4.78, 5) is 15.8. The quantitative estimate of drug-likeness (QED) is 0.801. The third-order valence-electron chi connectivity index (χ3n) is 3.85. The SMILES string of the molecule is Cc1cc(C(Cl)c2ccc3c(c2)CN(C)C(=O)N3)sc1C. The lowest BCUT2D eigenvalue weighted by Gasteiger charge is -2.26. The van der Waals surface area contributed by atoms with Gasteiger partial charge in [-0.15, -0.1) is 22.9 Å². The smallest absolute Gasteiger partial charge is 0.321 e. The van der Waals surface area contributed by atoms with Crippen molar-refractivity contribution < 1.29 is 4.79 Å². The molecule has 2 amide bonds. The van der Waals surface area contributed by atoms with Crippen LogP contribution in [0.25, 0.3) is 0 Å². The molecule has 3 nitrogen and oxygen atoms in total. The molecule has 1 unspecified atom stereocenters. The molecule has 2 heterocycles. The highest BCUT2D eigenvalue weighted by Crippen LogP contribution is 2.37. The Labute approximate surface area is 133 Å². The predicted octanol–water partition coefficient (Wildman–Crippen LogP) is 4.67. The third-order valence-corrected chi connectivity index (χ3v) is 5.69. The Bertz CT molecular complexity index is 691. The largest absolute Gasteiger partial charge is 0.323 e. The van der Waals surface area contributed by atoms with Crippen molar-refractivity contribution in [2.75, 3.05) is 12.4 Å². The van der Waals surface area contributed by atoms with Crippen molar-refractivity contribution in [3.8, 4) is 0 Å². The molecule has 5 heteroatoms. The van der Waals surface area contributed by atoms with Crippen LogP contribution in [-0.2, 0) is 6.54 Å². The normalized spacial score (nSPS) is 15.6. The molecule has 21 heavy (non-hydrogen) atoms. The van der Waals surface area contributed by atoms with Gasteiger partial charge in [-0.05, 0) is 42.7 Å². The number of aryl methyl sites for hydroxylation is 2. The van der Waals surface area contributed by atoms with Crippen LogP contribution in [-0.4, -0.2) is 18.0 Å². The minimum Gasteiger partial charge on any atom is -0.323 e. The van der Waals surface area contributed by atoms with Crippen LogP contribution >= 0.6 is 22.9 Å². The van der Waals surface area contributed by atoms with E-state index >= 15 is 0 Å². The van der Waals surface area contributed by atoms with Crippen molar-refractivity contribution in [2.24, 2.45) is 0 Å². The molecule has 0 saturated carbocycles. The summed E-state index contributed by atoms with van der Waals surface area (Å²) < 4.78 is 0. The van der Waals surface area contributed by atoms with Crippen LogP contribution in [0.1, 0.15) is 31.8 Å². The number of fused-ring (bicyclic) bond motifs is 1. The second-order valence-corrected chi connectivity index (χ2v) is 7.18. The predicted molar refractivity (Wildman–Crippen MR) is 88.4 cm³/mol. The van der Waals surface area contributed by atoms with Crippen LogP contribution in [0.15, 0.2) is 24.3 Å². The van der Waals surface area contributed by atoms with Crippen molar-refractivity contribution in [1.82, 2.24) is 4.90 Å². The van der Waals surface area contributed by atoms with E-state index in [1.54, 1.807) is 23.3 Å². The Hall–Kier alpha value is -1.52. The summed E-state index contributed by atoms with van der Waals surface area (Å²) in [6.45, 7) is 4.84. The minimum absolute atomic E-state index is 0.0674. The fourth-order valence-electron chi connectivity index (χ4n) is 2.45. The molecule has 1 N–H and O–H groups in total. The van der Waals surface area contributed by atoms with Crippen LogP contribution in [0.2, 0.25) is 0 Å². The number of halogens is 1. The monoisotopic (exact) mass is 320 g/mol. The van der Waals surface area contributed by atoms with Gasteiger partial charge in [0.25, 0.3) is 0 Å². The number of urea groups is 1. The highest BCUT2D eigenvalue weighted by molar-refractivity contribution is 7.12. The topological polar surface area (TPSA) is 32.3 Å². The van der Waals surface area contributed by atoms with E-state index in [1.165, 1.54) is 15.3 Å². The number of benzene rings is 1. The number of hydrogen-bond donors (Lipinski definition) is 1. The standard InChI is InChI=1S/C16H17ClN2OS/c1-9-6-14(21-10(9)2)15(17)11-4-5-13-12(7-11)8-19(3)16(20)18-13/h4-7,15H,8H2,1-3H3,(H,18,20). The van der Waals surface area contributed by atoms with Gasteiger partial charge in [-0.1, -0.05) is 12.1 Å². The Morgan fingerprint density at radius 1 is 1.33 bits per heavy atom. The molecule has 2 aromatic rings. The molecule has 0 fully saturated rings. The van der Waals surface area contributed by atoms with Crippen LogP contribution in [0.3, 0.4) is 0 Å². The zero-order chi connectivity index (χ0) is 15.1. The second kappa shape index (κ2) is 5.35. The number of nitrogens with one attached hydrogen (secondary N) is 1. The van der Waals surface area contributed by atoms with Crippen LogP contribution < -0.4 is 5.32 Å². The number of carbonyl (C=O) groups is 1. The number of nitrogens with zero attached hydrogens (tertiary/aromatic N) is 1. The molecule has 1 aliphatic heterocycles. The molecule has 0 radical (unpaired) electrons. The summed E-state index contributed by atoms with van der Waals surface area (Å²) in [7, 11) is 1.79. The van der Waals surface area contributed by atoms with Crippen molar-refractivity contribution >= 4 is 34.7 Å². The summed E-state index contributed by atoms with van der Waals surface area (Å²) in [5.41, 5.74) is 4.33. The van der Waals surface area contributed by atoms with Gasteiger partial charge >= 0.3 is 6.03 Å². The zero-order valence-corrected chi connectivity index (χ0v) is 13.8. The summed E-state index contributed by atoms with van der Waals surface area (Å²) in [6, 6.07) is 8.12. The van der Waals surface area contributed by atoms with Gasteiger partial charge < -0.3 is 10.2 Å². The maximum absolute atomic E-state index is 11.6. The number of hydrogen-bond acceptors (Lipinski definition) is 2. The van der Waals surface area contributed by atoms with Gasteiger partial charge in [0.2, 0.25) is 0 Å². The van der Waals surface area contributed by atoms with E-state index < -0.39 is 0 Å². The Balaban J connectivity index is 1.93. The molecule has 0 bridgehead atoms. The van der Waals surface area contributed by atoms with Crippen molar-refractivity contribution in [3.63, 3.8) is 0 Å². The zero-order valence-electron chi connectivity index (χ0n) is 12.2. The molecule has 110 valence electrons. The minimum atomic E-state index is -0.143. The molecule has 1 atom stereocenters. The maximum atomic E-state index is 11.6. The number of anilines is 1. The van der Waals surface area contributed by atoms with Crippen molar-refractivity contribution in [1.29, 1.82) is 0 Å². The molecule has 1 aromatic heterocycles. The lowest BCUT2D eigenvalue weighted by molar-refractivity contribution is 0.218. The number of amides is 2. The molecular formula is C16H17ClN2OS. The van der Waals surface area contributed by atoms with Gasteiger partial charge in [0.15, 0.2) is 0 Å². The van der Waals surface area contributed by atoms with E-state index in [1.807, 2.05) is 12.1 Å². The first kappa shape index (κ1) is 14.4. The molecule has 0 spiro atoms. The van der Waals surface area contributed by atoms with Crippen LogP contribution in [0.5, 0.6) is 0 Å². The maximum Gasteiger partial charge on any atom is 0.321 e. The Morgan fingerprint density at radius 3 is 2.76 bits per heavy atom. The number of thiophene rings is 1. The lowest BCUT2D eigenvalue weighted by atomic mass is 10.0. The van der Waals surface area contributed by atoms with Crippen LogP contribution in [0, 0.1) is 13.8 Å². The first-order chi connectivity index (χ1) is 9.95. The van der Waals surface area contributed by atoms with E-state index in [0.29, 0.717) is 6.54 Å². The average Bonchev–Trinajstić information content (AvgIpc) is 2.79. The number of rotatable bonds is 2. The Kier molecular flexibility index (Phi) is 3.68. The molecule has 1 aromatic carbocycles. The van der Waals surface area contributed by atoms with E-state index in [2.05, 4.69) is 31.3 Å². The molecule has 3 rings (SSSR count). The van der Waals surface area contributed by atoms with Crippen molar-refractivity contribution in [2.45, 2.75) is 25.8 Å². The first-order valence-electron chi connectivity index (χ1n) is 6.81. The highest BCUT2D eigenvalue weighted by atomic mass is 35.5. The van der Waals surface area contributed by atoms with E-state index in [4.69, 9.17) is 11.6 Å². The van der Waals surface area contributed by atoms with Gasteiger partial charge in [-0.2, -0.15) is 0 Å². The van der Waals surface area contributed by atoms with Gasteiger partial charge in [-0.25, -0.2) is 4.79 Å². The Morgan fingerprint density at radius 2 is 2.10 bits per heavy atom. The van der Waals surface area contributed by atoms with Gasteiger partial charge in [-0.3, -0.25) is 0 Å². The van der Waals surface area contributed by atoms with E-state index in [9.17, 15) is 4.79 Å². The third kappa shape index (κ3) is 2.65. The highest BCUT2D eigenvalue weighted by Gasteiger charge is 2.21.